The zero-order valence-corrected chi connectivity index (χ0v) is 7.50. The lowest BCUT2D eigenvalue weighted by atomic mass is 9.85. The van der Waals surface area contributed by atoms with Crippen LogP contribution < -0.4 is 0 Å². The number of hydrogen-bond donors (Lipinski definition) is 0. The van der Waals surface area contributed by atoms with Crippen LogP contribution in [0.15, 0.2) is 0 Å². The minimum absolute atomic E-state index is 0.351. The Labute approximate surface area is 74.2 Å². The van der Waals surface area contributed by atoms with E-state index in [4.69, 9.17) is 5.26 Å². The van der Waals surface area contributed by atoms with E-state index >= 15 is 0 Å². The van der Waals surface area contributed by atoms with Gasteiger partial charge in [0, 0.05) is 12.0 Å². The van der Waals surface area contributed by atoms with Crippen molar-refractivity contribution in [2.45, 2.75) is 38.1 Å². The van der Waals surface area contributed by atoms with Crippen molar-refractivity contribution < 1.29 is 0 Å². The van der Waals surface area contributed by atoms with E-state index < -0.39 is 0 Å². The van der Waals surface area contributed by atoms with Crippen molar-refractivity contribution in [3.63, 3.8) is 0 Å². The molecule has 0 N–H and O–H groups in total. The molecule has 0 aromatic rings. The Morgan fingerprint density at radius 3 is 2.58 bits per heavy atom. The normalized spacial score (nSPS) is 36.9. The Kier molecular flexibility index (Phi) is 2.32. The van der Waals surface area contributed by atoms with Crippen LogP contribution in [0.2, 0.25) is 0 Å². The van der Waals surface area contributed by atoms with Gasteiger partial charge in [-0.25, -0.2) is 0 Å². The van der Waals surface area contributed by atoms with E-state index in [0.717, 1.165) is 18.9 Å². The second kappa shape index (κ2) is 3.45. The monoisotopic (exact) mass is 164 g/mol. The van der Waals surface area contributed by atoms with E-state index in [2.05, 4.69) is 11.0 Å². The van der Waals surface area contributed by atoms with E-state index in [1.54, 1.807) is 0 Å². The minimum Gasteiger partial charge on any atom is -0.300 e. The summed E-state index contributed by atoms with van der Waals surface area (Å²) in [6, 6.07) is 3.16. The summed E-state index contributed by atoms with van der Waals surface area (Å²) in [6.07, 6.45) is 6.24. The standard InChI is InChI=1S/C10H16N2/c11-8-9-3-1-4-10(7-9)12-5-2-6-12/h9-10H,1-7H2. The molecule has 1 aliphatic heterocycles. The van der Waals surface area contributed by atoms with Gasteiger partial charge in [-0.1, -0.05) is 6.42 Å². The van der Waals surface area contributed by atoms with Crippen molar-refractivity contribution in [3.8, 4) is 6.07 Å². The summed E-state index contributed by atoms with van der Waals surface area (Å²) in [4.78, 5) is 2.55. The van der Waals surface area contributed by atoms with E-state index in [1.807, 2.05) is 0 Å². The van der Waals surface area contributed by atoms with Crippen LogP contribution in [0.4, 0.5) is 0 Å². The Hall–Kier alpha value is -0.550. The first-order chi connectivity index (χ1) is 5.90. The third-order valence-electron chi connectivity index (χ3n) is 3.24. The molecule has 0 aromatic heterocycles. The molecule has 2 heteroatoms. The van der Waals surface area contributed by atoms with Crippen LogP contribution in [-0.2, 0) is 0 Å². The van der Waals surface area contributed by atoms with Gasteiger partial charge in [0.05, 0.1) is 6.07 Å². The molecule has 1 saturated heterocycles. The number of nitriles is 1. The Bertz CT molecular complexity index is 191. The molecule has 0 radical (unpaired) electrons. The topological polar surface area (TPSA) is 27.0 Å². The van der Waals surface area contributed by atoms with Crippen molar-refractivity contribution >= 4 is 0 Å². The van der Waals surface area contributed by atoms with Crippen LogP contribution in [-0.4, -0.2) is 24.0 Å². The predicted octanol–water partition coefficient (Wildman–Crippen LogP) is 1.77. The quantitative estimate of drug-likeness (QED) is 0.590. The SMILES string of the molecule is N#CC1CCCC(N2CCC2)C1. The molecule has 0 amide bonds. The van der Waals surface area contributed by atoms with Gasteiger partial charge in [-0.3, -0.25) is 0 Å². The number of hydrogen-bond acceptors (Lipinski definition) is 2. The van der Waals surface area contributed by atoms with E-state index in [1.165, 1.54) is 32.4 Å². The third kappa shape index (κ3) is 1.47. The largest absolute Gasteiger partial charge is 0.300 e. The van der Waals surface area contributed by atoms with Crippen LogP contribution in [0.1, 0.15) is 32.1 Å². The summed E-state index contributed by atoms with van der Waals surface area (Å²) in [5.74, 6) is 0.351. The second-order valence-corrected chi connectivity index (χ2v) is 4.04. The molecule has 0 bridgehead atoms. The zero-order valence-electron chi connectivity index (χ0n) is 7.50. The molecule has 2 atom stereocenters. The first kappa shape index (κ1) is 8.07. The average molecular weight is 164 g/mol. The highest BCUT2D eigenvalue weighted by Gasteiger charge is 2.29. The van der Waals surface area contributed by atoms with Crippen LogP contribution in [0.25, 0.3) is 0 Å². The number of rotatable bonds is 1. The highest BCUT2D eigenvalue weighted by molar-refractivity contribution is 4.92. The summed E-state index contributed by atoms with van der Waals surface area (Å²) in [5.41, 5.74) is 0. The lowest BCUT2D eigenvalue weighted by Crippen LogP contribution is -2.46. The van der Waals surface area contributed by atoms with E-state index in [0.29, 0.717) is 5.92 Å². The van der Waals surface area contributed by atoms with Crippen molar-refractivity contribution in [2.24, 2.45) is 5.92 Å². The molecule has 12 heavy (non-hydrogen) atoms. The minimum atomic E-state index is 0.351. The molecule has 1 saturated carbocycles. The summed E-state index contributed by atoms with van der Waals surface area (Å²) in [5, 5.41) is 8.81. The maximum Gasteiger partial charge on any atom is 0.0656 e. The fraction of sp³-hybridized carbons (Fsp3) is 0.900. The van der Waals surface area contributed by atoms with Gasteiger partial charge < -0.3 is 4.90 Å². The second-order valence-electron chi connectivity index (χ2n) is 4.04. The van der Waals surface area contributed by atoms with Crippen molar-refractivity contribution in [1.82, 2.24) is 4.90 Å². The highest BCUT2D eigenvalue weighted by atomic mass is 15.2. The van der Waals surface area contributed by atoms with Gasteiger partial charge in [-0.15, -0.1) is 0 Å². The molecule has 2 unspecified atom stereocenters. The van der Waals surface area contributed by atoms with Gasteiger partial charge in [0.1, 0.15) is 0 Å². The van der Waals surface area contributed by atoms with Gasteiger partial charge in [0.15, 0.2) is 0 Å². The number of likely N-dealkylation sites (tertiary alicyclic amines) is 1. The van der Waals surface area contributed by atoms with Gasteiger partial charge in [-0.05, 0) is 38.8 Å². The van der Waals surface area contributed by atoms with Crippen LogP contribution >= 0.6 is 0 Å². The first-order valence-corrected chi connectivity index (χ1v) is 5.04. The van der Waals surface area contributed by atoms with E-state index in [9.17, 15) is 0 Å². The smallest absolute Gasteiger partial charge is 0.0656 e. The third-order valence-corrected chi connectivity index (χ3v) is 3.24. The zero-order chi connectivity index (χ0) is 8.39. The molecule has 2 nitrogen and oxygen atoms in total. The number of nitrogens with zero attached hydrogens (tertiary/aromatic N) is 2. The Morgan fingerprint density at radius 2 is 2.00 bits per heavy atom. The molecular weight excluding hydrogens is 148 g/mol. The lowest BCUT2D eigenvalue weighted by molar-refractivity contribution is 0.0821. The van der Waals surface area contributed by atoms with Gasteiger partial charge in [0.25, 0.3) is 0 Å². The van der Waals surface area contributed by atoms with E-state index in [-0.39, 0.29) is 0 Å². The summed E-state index contributed by atoms with van der Waals surface area (Å²) >= 11 is 0. The maximum atomic E-state index is 8.81. The van der Waals surface area contributed by atoms with Gasteiger partial charge >= 0.3 is 0 Å². The lowest BCUT2D eigenvalue weighted by Gasteiger charge is -2.41. The molecule has 2 fully saturated rings. The van der Waals surface area contributed by atoms with Gasteiger partial charge in [-0.2, -0.15) is 5.26 Å². The van der Waals surface area contributed by atoms with Crippen LogP contribution in [0, 0.1) is 17.2 Å². The molecule has 1 aliphatic carbocycles. The Morgan fingerprint density at radius 1 is 1.17 bits per heavy atom. The van der Waals surface area contributed by atoms with Crippen LogP contribution in [0.3, 0.4) is 0 Å². The molecule has 1 heterocycles. The molecule has 2 aliphatic rings. The Balaban J connectivity index is 1.86. The summed E-state index contributed by atoms with van der Waals surface area (Å²) in [6.45, 7) is 2.56. The summed E-state index contributed by atoms with van der Waals surface area (Å²) < 4.78 is 0. The fourth-order valence-corrected chi connectivity index (χ4v) is 2.32. The van der Waals surface area contributed by atoms with Crippen LogP contribution in [0.5, 0.6) is 0 Å². The highest BCUT2D eigenvalue weighted by Crippen LogP contribution is 2.29. The first-order valence-electron chi connectivity index (χ1n) is 5.04. The van der Waals surface area contributed by atoms with Crippen molar-refractivity contribution in [2.75, 3.05) is 13.1 Å². The van der Waals surface area contributed by atoms with Crippen molar-refractivity contribution in [3.05, 3.63) is 0 Å². The molecule has 2 rings (SSSR count). The molecule has 0 aromatic carbocycles. The average Bonchev–Trinajstić information content (AvgIpc) is 2.02. The van der Waals surface area contributed by atoms with Crippen molar-refractivity contribution in [1.29, 1.82) is 5.26 Å². The van der Waals surface area contributed by atoms with Gasteiger partial charge in [0.2, 0.25) is 0 Å². The predicted molar refractivity (Wildman–Crippen MR) is 47.5 cm³/mol. The molecule has 66 valence electrons. The molecular formula is C10H16N2. The fourth-order valence-electron chi connectivity index (χ4n) is 2.32. The molecule has 0 spiro atoms. The maximum absolute atomic E-state index is 8.81. The summed E-state index contributed by atoms with van der Waals surface area (Å²) in [7, 11) is 0.